The molecule has 0 aliphatic carbocycles. The first-order valence-corrected chi connectivity index (χ1v) is 7.24. The number of carbonyl (C=O) groups excluding carboxylic acids is 2. The summed E-state index contributed by atoms with van der Waals surface area (Å²) in [6.45, 7) is 5.15. The zero-order valence-corrected chi connectivity index (χ0v) is 13.6. The van der Waals surface area contributed by atoms with Gasteiger partial charge in [0.25, 0.3) is 5.91 Å². The molecule has 0 saturated heterocycles. The summed E-state index contributed by atoms with van der Waals surface area (Å²) < 4.78 is 5.44. The lowest BCUT2D eigenvalue weighted by atomic mass is 10.3. The second kappa shape index (κ2) is 8.10. The zero-order valence-electron chi connectivity index (χ0n) is 12.1. The second-order valence-corrected chi connectivity index (χ2v) is 5.62. The van der Waals surface area contributed by atoms with Crippen molar-refractivity contribution in [1.29, 1.82) is 0 Å². The average molecular weight is 333 g/mol. The molecule has 0 fully saturated rings. The normalized spacial score (nSPS) is 11.9. The lowest BCUT2D eigenvalue weighted by molar-refractivity contribution is -0.130. The van der Waals surface area contributed by atoms with Gasteiger partial charge in [0.05, 0.1) is 11.6 Å². The quantitative estimate of drug-likeness (QED) is 0.840. The molecule has 0 aliphatic rings. The molecule has 5 nitrogen and oxygen atoms in total. The Morgan fingerprint density at radius 3 is 2.48 bits per heavy atom. The standard InChI is InChI=1S/C14H18Cl2N2O3/c1-8(2)18-13(19)7-17-14(20)9(3)21-12-5-4-10(15)6-11(12)16/h4-6,8-9H,7H2,1-3H3,(H,17,20)(H,18,19)/t9-/m0/s1. The van der Waals surface area contributed by atoms with Crippen LogP contribution in [0.5, 0.6) is 5.75 Å². The Morgan fingerprint density at radius 1 is 1.24 bits per heavy atom. The van der Waals surface area contributed by atoms with Crippen molar-refractivity contribution in [3.8, 4) is 5.75 Å². The minimum absolute atomic E-state index is 0.0240. The van der Waals surface area contributed by atoms with Crippen molar-refractivity contribution in [2.45, 2.75) is 32.9 Å². The van der Waals surface area contributed by atoms with E-state index >= 15 is 0 Å². The van der Waals surface area contributed by atoms with E-state index < -0.39 is 12.0 Å². The second-order valence-electron chi connectivity index (χ2n) is 4.77. The number of ether oxygens (including phenoxy) is 1. The first-order chi connectivity index (χ1) is 9.79. The molecule has 2 amide bonds. The molecule has 1 aromatic carbocycles. The summed E-state index contributed by atoms with van der Waals surface area (Å²) in [4.78, 5) is 23.3. The van der Waals surface area contributed by atoms with Gasteiger partial charge in [0.15, 0.2) is 6.10 Å². The Balaban J connectivity index is 2.49. The highest BCUT2D eigenvalue weighted by atomic mass is 35.5. The van der Waals surface area contributed by atoms with Crippen molar-refractivity contribution >= 4 is 35.0 Å². The van der Waals surface area contributed by atoms with Gasteiger partial charge in [0.1, 0.15) is 5.75 Å². The molecule has 0 aromatic heterocycles. The van der Waals surface area contributed by atoms with Crippen molar-refractivity contribution in [2.24, 2.45) is 0 Å². The summed E-state index contributed by atoms with van der Waals surface area (Å²) in [6.07, 6.45) is -0.782. The number of hydrogen-bond acceptors (Lipinski definition) is 3. The van der Waals surface area contributed by atoms with Crippen LogP contribution in [0.25, 0.3) is 0 Å². The largest absolute Gasteiger partial charge is 0.479 e. The smallest absolute Gasteiger partial charge is 0.261 e. The van der Waals surface area contributed by atoms with Crippen LogP contribution < -0.4 is 15.4 Å². The van der Waals surface area contributed by atoms with Gasteiger partial charge in [-0.05, 0) is 39.0 Å². The maximum atomic E-state index is 11.8. The predicted molar refractivity (Wildman–Crippen MR) is 82.8 cm³/mol. The van der Waals surface area contributed by atoms with Crippen LogP contribution in [0.1, 0.15) is 20.8 Å². The van der Waals surface area contributed by atoms with Crippen LogP contribution in [0.2, 0.25) is 10.0 Å². The molecule has 0 saturated carbocycles. The van der Waals surface area contributed by atoms with Gasteiger partial charge in [0.2, 0.25) is 5.91 Å². The lowest BCUT2D eigenvalue weighted by Gasteiger charge is -2.16. The highest BCUT2D eigenvalue weighted by Crippen LogP contribution is 2.28. The first-order valence-electron chi connectivity index (χ1n) is 6.48. The van der Waals surface area contributed by atoms with Gasteiger partial charge >= 0.3 is 0 Å². The SMILES string of the molecule is CC(C)NC(=O)CNC(=O)[C@H](C)Oc1ccc(Cl)cc1Cl. The highest BCUT2D eigenvalue weighted by molar-refractivity contribution is 6.35. The minimum Gasteiger partial charge on any atom is -0.479 e. The fourth-order valence-corrected chi connectivity index (χ4v) is 1.95. The molecule has 0 aliphatic heterocycles. The van der Waals surface area contributed by atoms with Crippen molar-refractivity contribution in [3.05, 3.63) is 28.2 Å². The molecule has 1 atom stereocenters. The molecule has 0 bridgehead atoms. The number of halogens is 2. The van der Waals surface area contributed by atoms with Crippen LogP contribution in [0.4, 0.5) is 0 Å². The summed E-state index contributed by atoms with van der Waals surface area (Å²) in [6, 6.07) is 4.75. The third kappa shape index (κ3) is 6.23. The molecule has 7 heteroatoms. The summed E-state index contributed by atoms with van der Waals surface area (Å²) in [5.41, 5.74) is 0. The maximum Gasteiger partial charge on any atom is 0.261 e. The Labute approximate surface area is 133 Å². The van der Waals surface area contributed by atoms with Crippen LogP contribution >= 0.6 is 23.2 Å². The van der Waals surface area contributed by atoms with Crippen LogP contribution in [-0.2, 0) is 9.59 Å². The van der Waals surface area contributed by atoms with E-state index in [0.29, 0.717) is 15.8 Å². The first kappa shape index (κ1) is 17.6. The zero-order chi connectivity index (χ0) is 16.0. The number of nitrogens with one attached hydrogen (secondary N) is 2. The van der Waals surface area contributed by atoms with E-state index in [0.717, 1.165) is 0 Å². The van der Waals surface area contributed by atoms with Crippen molar-refractivity contribution in [2.75, 3.05) is 6.54 Å². The van der Waals surface area contributed by atoms with Gasteiger partial charge in [0, 0.05) is 11.1 Å². The number of amides is 2. The van der Waals surface area contributed by atoms with E-state index in [2.05, 4.69) is 10.6 Å². The molecule has 0 heterocycles. The van der Waals surface area contributed by atoms with E-state index in [1.165, 1.54) is 6.07 Å². The van der Waals surface area contributed by atoms with Crippen LogP contribution in [-0.4, -0.2) is 30.5 Å². The number of carbonyl (C=O) groups is 2. The number of hydrogen-bond donors (Lipinski definition) is 2. The molecule has 0 radical (unpaired) electrons. The van der Waals surface area contributed by atoms with Gasteiger partial charge in [-0.3, -0.25) is 9.59 Å². The average Bonchev–Trinajstić information content (AvgIpc) is 2.38. The lowest BCUT2D eigenvalue weighted by Crippen LogP contribution is -2.43. The van der Waals surface area contributed by atoms with Crippen molar-refractivity contribution in [1.82, 2.24) is 10.6 Å². The molecule has 0 spiro atoms. The van der Waals surface area contributed by atoms with Gasteiger partial charge in [-0.1, -0.05) is 23.2 Å². The Kier molecular flexibility index (Phi) is 6.78. The third-order valence-corrected chi connectivity index (χ3v) is 2.97. The highest BCUT2D eigenvalue weighted by Gasteiger charge is 2.17. The van der Waals surface area contributed by atoms with Gasteiger partial charge in [-0.15, -0.1) is 0 Å². The summed E-state index contributed by atoms with van der Waals surface area (Å²) in [5.74, 6) is -0.301. The molecular formula is C14H18Cl2N2O3. The molecule has 21 heavy (non-hydrogen) atoms. The van der Waals surface area contributed by atoms with Crippen molar-refractivity contribution < 1.29 is 14.3 Å². The van der Waals surface area contributed by atoms with Crippen LogP contribution in [0.3, 0.4) is 0 Å². The van der Waals surface area contributed by atoms with E-state index in [1.807, 2.05) is 13.8 Å². The predicted octanol–water partition coefficient (Wildman–Crippen LogP) is 2.40. The van der Waals surface area contributed by atoms with Crippen LogP contribution in [0, 0.1) is 0 Å². The molecular weight excluding hydrogens is 315 g/mol. The monoisotopic (exact) mass is 332 g/mol. The van der Waals surface area contributed by atoms with E-state index in [9.17, 15) is 9.59 Å². The fourth-order valence-electron chi connectivity index (χ4n) is 1.50. The summed E-state index contributed by atoms with van der Waals surface area (Å²) in [5, 5.41) is 5.97. The topological polar surface area (TPSA) is 67.4 Å². The molecule has 2 N–H and O–H groups in total. The number of rotatable bonds is 6. The van der Waals surface area contributed by atoms with E-state index in [4.69, 9.17) is 27.9 Å². The maximum absolute atomic E-state index is 11.8. The van der Waals surface area contributed by atoms with E-state index in [-0.39, 0.29) is 18.5 Å². The Bertz CT molecular complexity index is 521. The van der Waals surface area contributed by atoms with Crippen molar-refractivity contribution in [3.63, 3.8) is 0 Å². The third-order valence-electron chi connectivity index (χ3n) is 2.44. The van der Waals surface area contributed by atoms with E-state index in [1.54, 1.807) is 19.1 Å². The fraction of sp³-hybridized carbons (Fsp3) is 0.429. The van der Waals surface area contributed by atoms with Gasteiger partial charge in [-0.25, -0.2) is 0 Å². The molecule has 0 unspecified atom stereocenters. The molecule has 1 rings (SSSR count). The minimum atomic E-state index is -0.782. The van der Waals surface area contributed by atoms with Gasteiger partial charge < -0.3 is 15.4 Å². The van der Waals surface area contributed by atoms with Gasteiger partial charge in [-0.2, -0.15) is 0 Å². The summed E-state index contributed by atoms with van der Waals surface area (Å²) in [7, 11) is 0. The number of benzene rings is 1. The summed E-state index contributed by atoms with van der Waals surface area (Å²) >= 11 is 11.7. The van der Waals surface area contributed by atoms with Crippen LogP contribution in [0.15, 0.2) is 18.2 Å². The Hall–Kier alpha value is -1.46. The molecule has 116 valence electrons. The molecule has 1 aromatic rings. The Morgan fingerprint density at radius 2 is 1.90 bits per heavy atom.